The van der Waals surface area contributed by atoms with Crippen molar-refractivity contribution in [1.82, 2.24) is 5.32 Å². The van der Waals surface area contributed by atoms with Gasteiger partial charge in [0.1, 0.15) is 0 Å². The number of rotatable bonds is 7. The highest BCUT2D eigenvalue weighted by Crippen LogP contribution is 1.83. The highest BCUT2D eigenvalue weighted by Gasteiger charge is 1.97. The lowest BCUT2D eigenvalue weighted by molar-refractivity contribution is 0.260. The van der Waals surface area contributed by atoms with Gasteiger partial charge < -0.3 is 21.3 Å². The van der Waals surface area contributed by atoms with Gasteiger partial charge in [0.05, 0.1) is 6.61 Å². The van der Waals surface area contributed by atoms with E-state index in [2.05, 4.69) is 5.32 Å². The lowest BCUT2D eigenvalue weighted by Gasteiger charge is -2.08. The van der Waals surface area contributed by atoms with Crippen molar-refractivity contribution in [3.63, 3.8) is 0 Å². The molecule has 1 unspecified atom stereocenters. The summed E-state index contributed by atoms with van der Waals surface area (Å²) < 4.78 is 0. The first kappa shape index (κ1) is 10.8. The van der Waals surface area contributed by atoms with Crippen LogP contribution in [0.5, 0.6) is 0 Å². The summed E-state index contributed by atoms with van der Waals surface area (Å²) in [6, 6.07) is -0.163. The molecular formula is C7H18N2O2. The molecule has 0 saturated heterocycles. The summed E-state index contributed by atoms with van der Waals surface area (Å²) in [4.78, 5) is 0. The molecule has 0 rings (SSSR count). The number of aliphatic hydroxyl groups is 2. The van der Waals surface area contributed by atoms with E-state index in [0.29, 0.717) is 6.54 Å². The van der Waals surface area contributed by atoms with Crippen LogP contribution in [0.4, 0.5) is 0 Å². The predicted octanol–water partition coefficient (Wildman–Crippen LogP) is -1.33. The molecule has 0 bridgehead atoms. The van der Waals surface area contributed by atoms with Crippen LogP contribution >= 0.6 is 0 Å². The zero-order chi connectivity index (χ0) is 8.53. The number of aliphatic hydroxyl groups excluding tert-OH is 2. The molecule has 4 heteroatoms. The van der Waals surface area contributed by atoms with Gasteiger partial charge in [0.2, 0.25) is 0 Å². The Balaban J connectivity index is 2.89. The van der Waals surface area contributed by atoms with Crippen LogP contribution in [0.25, 0.3) is 0 Å². The topological polar surface area (TPSA) is 78.5 Å². The van der Waals surface area contributed by atoms with E-state index < -0.39 is 0 Å². The normalized spacial score (nSPS) is 13.4. The van der Waals surface area contributed by atoms with Gasteiger partial charge in [0.25, 0.3) is 0 Å². The largest absolute Gasteiger partial charge is 0.396 e. The summed E-state index contributed by atoms with van der Waals surface area (Å²) >= 11 is 0. The quantitative estimate of drug-likeness (QED) is 0.350. The Morgan fingerprint density at radius 1 is 1.27 bits per heavy atom. The van der Waals surface area contributed by atoms with Crippen molar-refractivity contribution in [1.29, 1.82) is 0 Å². The van der Waals surface area contributed by atoms with Crippen LogP contribution in [0.1, 0.15) is 12.8 Å². The van der Waals surface area contributed by atoms with E-state index in [0.717, 1.165) is 19.4 Å². The first-order valence-corrected chi connectivity index (χ1v) is 3.99. The highest BCUT2D eigenvalue weighted by atomic mass is 16.3. The maximum Gasteiger partial charge on any atom is 0.0594 e. The Morgan fingerprint density at radius 3 is 2.55 bits per heavy atom. The van der Waals surface area contributed by atoms with Crippen LogP contribution in [-0.4, -0.2) is 42.6 Å². The SMILES string of the molecule is NC(CO)CNCCCCO. The lowest BCUT2D eigenvalue weighted by atomic mass is 10.3. The standard InChI is InChI=1S/C7H18N2O2/c8-7(6-11)5-9-3-1-2-4-10/h7,9-11H,1-6,8H2. The van der Waals surface area contributed by atoms with Gasteiger partial charge in [-0.15, -0.1) is 0 Å². The van der Waals surface area contributed by atoms with Crippen LogP contribution in [0.3, 0.4) is 0 Å². The number of unbranched alkanes of at least 4 members (excludes halogenated alkanes) is 1. The molecule has 0 amide bonds. The van der Waals surface area contributed by atoms with E-state index in [-0.39, 0.29) is 19.3 Å². The Hall–Kier alpha value is -0.160. The molecule has 0 aliphatic rings. The smallest absolute Gasteiger partial charge is 0.0594 e. The van der Waals surface area contributed by atoms with Crippen molar-refractivity contribution in [2.45, 2.75) is 18.9 Å². The van der Waals surface area contributed by atoms with Crippen LogP contribution in [0.15, 0.2) is 0 Å². The number of hydrogen-bond acceptors (Lipinski definition) is 4. The van der Waals surface area contributed by atoms with Crippen molar-refractivity contribution < 1.29 is 10.2 Å². The molecule has 5 N–H and O–H groups in total. The van der Waals surface area contributed by atoms with Crippen molar-refractivity contribution in [3.05, 3.63) is 0 Å². The third-order valence-electron chi connectivity index (χ3n) is 1.40. The molecule has 0 aromatic heterocycles. The lowest BCUT2D eigenvalue weighted by Crippen LogP contribution is -2.37. The zero-order valence-corrected chi connectivity index (χ0v) is 6.79. The zero-order valence-electron chi connectivity index (χ0n) is 6.79. The van der Waals surface area contributed by atoms with Crippen molar-refractivity contribution in [3.8, 4) is 0 Å². The fraction of sp³-hybridized carbons (Fsp3) is 1.00. The molecule has 0 heterocycles. The molecule has 68 valence electrons. The first-order chi connectivity index (χ1) is 5.31. The third-order valence-corrected chi connectivity index (χ3v) is 1.40. The van der Waals surface area contributed by atoms with Gasteiger partial charge in [0.15, 0.2) is 0 Å². The molecule has 0 radical (unpaired) electrons. The summed E-state index contributed by atoms with van der Waals surface area (Å²) in [5, 5.41) is 20.0. The van der Waals surface area contributed by atoms with E-state index in [9.17, 15) is 0 Å². The molecule has 1 atom stereocenters. The van der Waals surface area contributed by atoms with Gasteiger partial charge in [-0.1, -0.05) is 0 Å². The van der Waals surface area contributed by atoms with Crippen LogP contribution < -0.4 is 11.1 Å². The fourth-order valence-electron chi connectivity index (χ4n) is 0.714. The fourth-order valence-corrected chi connectivity index (χ4v) is 0.714. The maximum atomic E-state index is 8.53. The Morgan fingerprint density at radius 2 is 2.00 bits per heavy atom. The van der Waals surface area contributed by atoms with Crippen LogP contribution in [0, 0.1) is 0 Å². The number of nitrogens with two attached hydrogens (primary N) is 1. The number of nitrogens with one attached hydrogen (secondary N) is 1. The highest BCUT2D eigenvalue weighted by molar-refractivity contribution is 4.61. The van der Waals surface area contributed by atoms with Crippen molar-refractivity contribution >= 4 is 0 Å². The molecular weight excluding hydrogens is 144 g/mol. The minimum atomic E-state index is -0.163. The van der Waals surface area contributed by atoms with E-state index >= 15 is 0 Å². The summed E-state index contributed by atoms with van der Waals surface area (Å²) in [7, 11) is 0. The van der Waals surface area contributed by atoms with E-state index in [4.69, 9.17) is 15.9 Å². The van der Waals surface area contributed by atoms with Gasteiger partial charge in [-0.25, -0.2) is 0 Å². The first-order valence-electron chi connectivity index (χ1n) is 3.99. The molecule has 0 fully saturated rings. The summed E-state index contributed by atoms with van der Waals surface area (Å²) in [6.07, 6.45) is 1.77. The molecule has 0 saturated carbocycles. The minimum Gasteiger partial charge on any atom is -0.396 e. The van der Waals surface area contributed by atoms with Gasteiger partial charge in [-0.3, -0.25) is 0 Å². The maximum absolute atomic E-state index is 8.53. The second kappa shape index (κ2) is 7.94. The second-order valence-electron chi connectivity index (χ2n) is 2.58. The van der Waals surface area contributed by atoms with Gasteiger partial charge in [0, 0.05) is 19.2 Å². The van der Waals surface area contributed by atoms with Crippen molar-refractivity contribution in [2.75, 3.05) is 26.3 Å². The van der Waals surface area contributed by atoms with Gasteiger partial charge in [-0.2, -0.15) is 0 Å². The van der Waals surface area contributed by atoms with E-state index in [1.165, 1.54) is 0 Å². The molecule has 0 aromatic rings. The predicted molar refractivity (Wildman–Crippen MR) is 44.3 cm³/mol. The molecule has 0 aliphatic carbocycles. The van der Waals surface area contributed by atoms with E-state index in [1.807, 2.05) is 0 Å². The molecule has 0 aromatic carbocycles. The van der Waals surface area contributed by atoms with Gasteiger partial charge >= 0.3 is 0 Å². The Kier molecular flexibility index (Phi) is 7.83. The average molecular weight is 162 g/mol. The average Bonchev–Trinajstić information content (AvgIpc) is 2.04. The Bertz CT molecular complexity index is 80.8. The van der Waals surface area contributed by atoms with Gasteiger partial charge in [-0.05, 0) is 19.4 Å². The molecule has 11 heavy (non-hydrogen) atoms. The monoisotopic (exact) mass is 162 g/mol. The van der Waals surface area contributed by atoms with Crippen molar-refractivity contribution in [2.24, 2.45) is 5.73 Å². The molecule has 4 nitrogen and oxygen atoms in total. The molecule has 0 aliphatic heterocycles. The Labute approximate surface area is 67.4 Å². The number of hydrogen-bond donors (Lipinski definition) is 4. The minimum absolute atomic E-state index is 0.0208. The molecule has 0 spiro atoms. The van der Waals surface area contributed by atoms with Crippen LogP contribution in [-0.2, 0) is 0 Å². The van der Waals surface area contributed by atoms with Crippen LogP contribution in [0.2, 0.25) is 0 Å². The summed E-state index contributed by atoms with van der Waals surface area (Å²) in [6.45, 7) is 1.76. The second-order valence-corrected chi connectivity index (χ2v) is 2.58. The van der Waals surface area contributed by atoms with E-state index in [1.54, 1.807) is 0 Å². The third kappa shape index (κ3) is 7.74. The summed E-state index contributed by atoms with van der Waals surface area (Å²) in [5.74, 6) is 0. The summed E-state index contributed by atoms with van der Waals surface area (Å²) in [5.41, 5.74) is 5.43.